The number of thiophene rings is 1. The second kappa shape index (κ2) is 3.40. The van der Waals surface area contributed by atoms with Gasteiger partial charge in [0.25, 0.3) is 0 Å². The van der Waals surface area contributed by atoms with Crippen molar-refractivity contribution in [1.29, 1.82) is 0 Å². The van der Waals surface area contributed by atoms with Gasteiger partial charge in [-0.1, -0.05) is 22.0 Å². The van der Waals surface area contributed by atoms with Gasteiger partial charge < -0.3 is 0 Å². The number of halogens is 3. The molecule has 62 valence electrons. The molecule has 0 bridgehead atoms. The third-order valence-corrected chi connectivity index (χ3v) is 5.64. The van der Waals surface area contributed by atoms with Crippen LogP contribution in [-0.2, 0) is 0 Å². The highest BCUT2D eigenvalue weighted by Gasteiger charge is 2.09. The van der Waals surface area contributed by atoms with Gasteiger partial charge in [0.1, 0.15) is 0 Å². The van der Waals surface area contributed by atoms with Crippen LogP contribution in [0, 0.1) is 0 Å². The number of rotatable bonds is 0. The van der Waals surface area contributed by atoms with E-state index in [4.69, 9.17) is 0 Å². The van der Waals surface area contributed by atoms with Crippen molar-refractivity contribution in [3.05, 3.63) is 30.9 Å². The lowest BCUT2D eigenvalue weighted by molar-refractivity contribution is 1.76. The Kier molecular flexibility index (Phi) is 2.61. The molecule has 0 amide bonds. The average Bonchev–Trinajstić information content (AvgIpc) is 2.29. The zero-order valence-electron chi connectivity index (χ0n) is 5.77. The maximum atomic E-state index is 3.54. The van der Waals surface area contributed by atoms with Crippen LogP contribution in [0.1, 0.15) is 0 Å². The van der Waals surface area contributed by atoms with Crippen molar-refractivity contribution in [2.45, 2.75) is 0 Å². The van der Waals surface area contributed by atoms with E-state index in [9.17, 15) is 0 Å². The Hall–Kier alpha value is 0.620. The van der Waals surface area contributed by atoms with E-state index in [0.717, 1.165) is 12.7 Å². The Labute approximate surface area is 99.4 Å². The molecule has 0 saturated heterocycles. The van der Waals surface area contributed by atoms with Crippen molar-refractivity contribution in [2.75, 3.05) is 0 Å². The molecule has 12 heavy (non-hydrogen) atoms. The van der Waals surface area contributed by atoms with Crippen molar-refractivity contribution in [1.82, 2.24) is 0 Å². The summed E-state index contributed by atoms with van der Waals surface area (Å²) in [6.07, 6.45) is 0. The molecule has 0 N–H and O–H groups in total. The van der Waals surface area contributed by atoms with Crippen molar-refractivity contribution in [3.63, 3.8) is 0 Å². The van der Waals surface area contributed by atoms with Crippen molar-refractivity contribution in [2.24, 2.45) is 0 Å². The van der Waals surface area contributed by atoms with Gasteiger partial charge in [0, 0.05) is 14.6 Å². The molecule has 2 rings (SSSR count). The molecule has 0 aliphatic rings. The molecule has 0 aliphatic carbocycles. The van der Waals surface area contributed by atoms with Crippen LogP contribution in [0.2, 0.25) is 0 Å². The quantitative estimate of drug-likeness (QED) is 0.598. The topological polar surface area (TPSA) is 0 Å². The first kappa shape index (κ1) is 9.19. The first-order chi connectivity index (χ1) is 5.70. The number of hydrogen-bond donors (Lipinski definition) is 0. The van der Waals surface area contributed by atoms with Crippen molar-refractivity contribution >= 4 is 69.2 Å². The Morgan fingerprint density at radius 3 is 2.50 bits per heavy atom. The van der Waals surface area contributed by atoms with Crippen molar-refractivity contribution < 1.29 is 0 Å². The normalized spacial score (nSPS) is 10.9. The minimum Gasteiger partial charge on any atom is -0.127 e. The van der Waals surface area contributed by atoms with Gasteiger partial charge in [0.05, 0.1) is 8.26 Å². The summed E-state index contributed by atoms with van der Waals surface area (Å²) in [5, 5.41) is 1.24. The van der Waals surface area contributed by atoms with E-state index in [1.165, 1.54) is 10.1 Å². The molecular weight excluding hydrogens is 368 g/mol. The lowest BCUT2D eigenvalue weighted by atomic mass is 10.3. The molecule has 1 heterocycles. The van der Waals surface area contributed by atoms with E-state index < -0.39 is 0 Å². The average molecular weight is 371 g/mol. The lowest BCUT2D eigenvalue weighted by Crippen LogP contribution is -1.66. The summed E-state index contributed by atoms with van der Waals surface area (Å²) in [5.41, 5.74) is 0. The monoisotopic (exact) mass is 368 g/mol. The van der Waals surface area contributed by atoms with Crippen LogP contribution in [0.4, 0.5) is 0 Å². The van der Waals surface area contributed by atoms with Crippen LogP contribution < -0.4 is 0 Å². The predicted octanol–water partition coefficient (Wildman–Crippen LogP) is 5.19. The van der Waals surface area contributed by atoms with Gasteiger partial charge in [0.2, 0.25) is 0 Å². The van der Waals surface area contributed by atoms with Gasteiger partial charge >= 0.3 is 0 Å². The minimum atomic E-state index is 1.13. The summed E-state index contributed by atoms with van der Waals surface area (Å²) < 4.78 is 4.69. The van der Waals surface area contributed by atoms with Crippen molar-refractivity contribution in [3.8, 4) is 0 Å². The van der Waals surface area contributed by atoms with Gasteiger partial charge in [-0.05, 0) is 44.0 Å². The Morgan fingerprint density at radius 1 is 1.08 bits per heavy atom. The molecule has 1 aromatic heterocycles. The molecule has 0 radical (unpaired) electrons. The number of benzene rings is 1. The fourth-order valence-electron chi connectivity index (χ4n) is 1.04. The minimum absolute atomic E-state index is 1.13. The molecule has 0 fully saturated rings. The largest absolute Gasteiger partial charge is 0.127 e. The lowest BCUT2D eigenvalue weighted by Gasteiger charge is -1.92. The molecule has 0 nitrogen and oxygen atoms in total. The van der Waals surface area contributed by atoms with Gasteiger partial charge in [-0.3, -0.25) is 0 Å². The zero-order chi connectivity index (χ0) is 8.72. The summed E-state index contributed by atoms with van der Waals surface area (Å²) >= 11 is 12.3. The zero-order valence-corrected chi connectivity index (χ0v) is 11.3. The highest BCUT2D eigenvalue weighted by molar-refractivity contribution is 9.13. The molecule has 0 spiro atoms. The van der Waals surface area contributed by atoms with Crippen LogP contribution >= 0.6 is 59.1 Å². The fraction of sp³-hybridized carbons (Fsp3) is 0. The molecule has 0 unspecified atom stereocenters. The second-order valence-corrected chi connectivity index (χ2v) is 6.32. The Balaban J connectivity index is 2.97. The van der Waals surface area contributed by atoms with E-state index in [-0.39, 0.29) is 0 Å². The summed E-state index contributed by atoms with van der Waals surface area (Å²) in [7, 11) is 0. The molecule has 0 aliphatic heterocycles. The standard InChI is InChI=1S/C8H3Br3S/c9-4-2-1-3-5-6(4)7(10)8(11)12-5/h1-3H. The Morgan fingerprint density at radius 2 is 1.83 bits per heavy atom. The highest BCUT2D eigenvalue weighted by Crippen LogP contribution is 2.42. The van der Waals surface area contributed by atoms with Crippen LogP contribution in [-0.4, -0.2) is 0 Å². The van der Waals surface area contributed by atoms with Crippen LogP contribution in [0.3, 0.4) is 0 Å². The summed E-state index contributed by atoms with van der Waals surface area (Å²) in [4.78, 5) is 0. The SMILES string of the molecule is Brc1sc2cccc(Br)c2c1Br. The third-order valence-electron chi connectivity index (χ3n) is 1.57. The summed E-state index contributed by atoms with van der Waals surface area (Å²) in [6.45, 7) is 0. The first-order valence-electron chi connectivity index (χ1n) is 3.22. The molecular formula is C8H3Br3S. The third kappa shape index (κ3) is 1.39. The molecule has 0 atom stereocenters. The molecule has 1 aromatic carbocycles. The molecule has 0 saturated carbocycles. The predicted molar refractivity (Wildman–Crippen MR) is 64.9 cm³/mol. The molecule has 2 aromatic rings. The van der Waals surface area contributed by atoms with E-state index >= 15 is 0 Å². The van der Waals surface area contributed by atoms with Crippen LogP contribution in [0.25, 0.3) is 10.1 Å². The van der Waals surface area contributed by atoms with Crippen LogP contribution in [0.15, 0.2) is 30.9 Å². The maximum absolute atomic E-state index is 3.54. The van der Waals surface area contributed by atoms with E-state index in [2.05, 4.69) is 53.9 Å². The molecule has 4 heteroatoms. The van der Waals surface area contributed by atoms with E-state index in [1.54, 1.807) is 11.3 Å². The van der Waals surface area contributed by atoms with Gasteiger partial charge in [-0.15, -0.1) is 11.3 Å². The smallest absolute Gasteiger partial charge is 0.0853 e. The van der Waals surface area contributed by atoms with Gasteiger partial charge in [-0.25, -0.2) is 0 Å². The number of hydrogen-bond acceptors (Lipinski definition) is 1. The maximum Gasteiger partial charge on any atom is 0.0853 e. The van der Waals surface area contributed by atoms with Gasteiger partial charge in [0.15, 0.2) is 0 Å². The van der Waals surface area contributed by atoms with E-state index in [1.807, 2.05) is 12.1 Å². The Bertz CT molecular complexity index is 433. The highest BCUT2D eigenvalue weighted by atomic mass is 79.9. The fourth-order valence-corrected chi connectivity index (χ4v) is 4.37. The summed E-state index contributed by atoms with van der Waals surface area (Å²) in [6, 6.07) is 6.20. The number of fused-ring (bicyclic) bond motifs is 1. The van der Waals surface area contributed by atoms with Gasteiger partial charge in [-0.2, -0.15) is 0 Å². The first-order valence-corrected chi connectivity index (χ1v) is 6.41. The van der Waals surface area contributed by atoms with Crippen LogP contribution in [0.5, 0.6) is 0 Å². The van der Waals surface area contributed by atoms with E-state index in [0.29, 0.717) is 0 Å². The summed E-state index contributed by atoms with van der Waals surface area (Å²) in [5.74, 6) is 0. The second-order valence-electron chi connectivity index (χ2n) is 2.30.